The summed E-state index contributed by atoms with van der Waals surface area (Å²) in [6.45, 7) is 2.08. The number of hydrogen-bond acceptors (Lipinski definition) is 3. The van der Waals surface area contributed by atoms with E-state index in [9.17, 15) is 4.79 Å². The first-order chi connectivity index (χ1) is 9.22. The second-order valence-corrected chi connectivity index (χ2v) is 4.19. The van der Waals surface area contributed by atoms with Crippen molar-refractivity contribution in [2.45, 2.75) is 13.3 Å². The summed E-state index contributed by atoms with van der Waals surface area (Å²) in [4.78, 5) is 16.2. The Labute approximate surface area is 112 Å². The Morgan fingerprint density at radius 3 is 2.79 bits per heavy atom. The third kappa shape index (κ3) is 3.31. The van der Waals surface area contributed by atoms with Crippen LogP contribution in [0.2, 0.25) is 0 Å². The van der Waals surface area contributed by atoms with Crippen molar-refractivity contribution in [3.8, 4) is 0 Å². The molecule has 2 aromatic rings. The predicted octanol–water partition coefficient (Wildman–Crippen LogP) is 2.94. The van der Waals surface area contributed by atoms with Gasteiger partial charge in [-0.2, -0.15) is 0 Å². The lowest BCUT2D eigenvalue weighted by atomic mass is 10.1. The number of pyridine rings is 1. The fourth-order valence-corrected chi connectivity index (χ4v) is 1.77. The van der Waals surface area contributed by atoms with Gasteiger partial charge in [-0.1, -0.05) is 19.1 Å². The molecule has 0 radical (unpaired) electrons. The Bertz CT molecular complexity index is 581. The Morgan fingerprint density at radius 2 is 2.05 bits per heavy atom. The predicted molar refractivity (Wildman–Crippen MR) is 77.6 cm³/mol. The highest BCUT2D eigenvalue weighted by Crippen LogP contribution is 2.13. The summed E-state index contributed by atoms with van der Waals surface area (Å²) in [5, 5.41) is 5.84. The van der Waals surface area contributed by atoms with Crippen LogP contribution in [0, 0.1) is 0 Å². The standard InChI is InChI=1S/C15H17N3O/c1-3-11-5-4-6-13(9-11)18-15(19)14-10-12(16-2)7-8-17-14/h4-10H,3H2,1-2H3,(H,16,17)(H,18,19). The van der Waals surface area contributed by atoms with E-state index >= 15 is 0 Å². The lowest BCUT2D eigenvalue weighted by Crippen LogP contribution is -2.14. The Balaban J connectivity index is 2.15. The van der Waals surface area contributed by atoms with Crippen LogP contribution in [0.1, 0.15) is 23.0 Å². The van der Waals surface area contributed by atoms with E-state index in [1.54, 1.807) is 12.3 Å². The van der Waals surface area contributed by atoms with Gasteiger partial charge in [0.2, 0.25) is 0 Å². The molecule has 1 amide bonds. The molecular formula is C15H17N3O. The summed E-state index contributed by atoms with van der Waals surface area (Å²) in [5.74, 6) is -0.203. The molecule has 19 heavy (non-hydrogen) atoms. The zero-order valence-electron chi connectivity index (χ0n) is 11.1. The molecule has 0 bridgehead atoms. The molecule has 2 rings (SSSR count). The molecule has 98 valence electrons. The number of carbonyl (C=O) groups excluding carboxylic acids is 1. The normalized spacial score (nSPS) is 10.0. The molecule has 0 spiro atoms. The van der Waals surface area contributed by atoms with Crippen LogP contribution in [-0.2, 0) is 6.42 Å². The van der Waals surface area contributed by atoms with Gasteiger partial charge in [-0.15, -0.1) is 0 Å². The monoisotopic (exact) mass is 255 g/mol. The molecule has 1 aromatic carbocycles. The Morgan fingerprint density at radius 1 is 1.21 bits per heavy atom. The maximum Gasteiger partial charge on any atom is 0.274 e. The van der Waals surface area contributed by atoms with E-state index in [-0.39, 0.29) is 5.91 Å². The number of anilines is 2. The molecule has 0 saturated carbocycles. The number of nitrogens with one attached hydrogen (secondary N) is 2. The van der Waals surface area contributed by atoms with E-state index in [0.717, 1.165) is 17.8 Å². The smallest absolute Gasteiger partial charge is 0.274 e. The molecule has 0 aliphatic carbocycles. The molecule has 2 N–H and O–H groups in total. The van der Waals surface area contributed by atoms with Crippen molar-refractivity contribution in [2.24, 2.45) is 0 Å². The Kier molecular flexibility index (Phi) is 4.13. The number of aryl methyl sites for hydroxylation is 1. The van der Waals surface area contributed by atoms with Crippen LogP contribution in [0.3, 0.4) is 0 Å². The van der Waals surface area contributed by atoms with E-state index in [2.05, 4.69) is 22.5 Å². The van der Waals surface area contributed by atoms with Gasteiger partial charge in [-0.05, 0) is 36.2 Å². The fourth-order valence-electron chi connectivity index (χ4n) is 1.77. The minimum Gasteiger partial charge on any atom is -0.388 e. The zero-order chi connectivity index (χ0) is 13.7. The highest BCUT2D eigenvalue weighted by Gasteiger charge is 2.08. The van der Waals surface area contributed by atoms with E-state index in [0.29, 0.717) is 5.69 Å². The van der Waals surface area contributed by atoms with E-state index in [4.69, 9.17) is 0 Å². The van der Waals surface area contributed by atoms with Gasteiger partial charge in [-0.25, -0.2) is 0 Å². The average molecular weight is 255 g/mol. The highest BCUT2D eigenvalue weighted by molar-refractivity contribution is 6.03. The first kappa shape index (κ1) is 13.1. The van der Waals surface area contributed by atoms with Gasteiger partial charge in [0.25, 0.3) is 5.91 Å². The first-order valence-electron chi connectivity index (χ1n) is 6.27. The maximum atomic E-state index is 12.1. The van der Waals surface area contributed by atoms with Crippen LogP contribution < -0.4 is 10.6 Å². The topological polar surface area (TPSA) is 54.0 Å². The van der Waals surface area contributed by atoms with Gasteiger partial charge in [0.1, 0.15) is 5.69 Å². The summed E-state index contributed by atoms with van der Waals surface area (Å²) in [7, 11) is 1.81. The molecule has 4 heteroatoms. The molecule has 0 unspecified atom stereocenters. The van der Waals surface area contributed by atoms with Gasteiger partial charge in [0, 0.05) is 24.6 Å². The SMILES string of the molecule is CCc1cccc(NC(=O)c2cc(NC)ccn2)c1. The molecule has 0 atom stereocenters. The second-order valence-electron chi connectivity index (χ2n) is 4.19. The zero-order valence-corrected chi connectivity index (χ0v) is 11.1. The molecule has 0 fully saturated rings. The number of benzene rings is 1. The number of aromatic nitrogens is 1. The van der Waals surface area contributed by atoms with Crippen molar-refractivity contribution in [2.75, 3.05) is 17.7 Å². The van der Waals surface area contributed by atoms with Gasteiger partial charge >= 0.3 is 0 Å². The van der Waals surface area contributed by atoms with Crippen molar-refractivity contribution >= 4 is 17.3 Å². The lowest BCUT2D eigenvalue weighted by molar-refractivity contribution is 0.102. The summed E-state index contributed by atoms with van der Waals surface area (Å²) in [6, 6.07) is 11.4. The van der Waals surface area contributed by atoms with E-state index < -0.39 is 0 Å². The molecule has 4 nitrogen and oxygen atoms in total. The summed E-state index contributed by atoms with van der Waals surface area (Å²) in [5.41, 5.74) is 3.24. The minimum absolute atomic E-state index is 0.203. The number of hydrogen-bond donors (Lipinski definition) is 2. The summed E-state index contributed by atoms with van der Waals surface area (Å²) >= 11 is 0. The van der Waals surface area contributed by atoms with Gasteiger partial charge in [-0.3, -0.25) is 9.78 Å². The number of nitrogens with zero attached hydrogens (tertiary/aromatic N) is 1. The lowest BCUT2D eigenvalue weighted by Gasteiger charge is -2.07. The van der Waals surface area contributed by atoms with Crippen LogP contribution in [0.5, 0.6) is 0 Å². The first-order valence-corrected chi connectivity index (χ1v) is 6.27. The third-order valence-electron chi connectivity index (χ3n) is 2.87. The molecular weight excluding hydrogens is 238 g/mol. The van der Waals surface area contributed by atoms with Crippen LogP contribution in [0.25, 0.3) is 0 Å². The largest absolute Gasteiger partial charge is 0.388 e. The average Bonchev–Trinajstić information content (AvgIpc) is 2.47. The van der Waals surface area contributed by atoms with Crippen molar-refractivity contribution in [1.82, 2.24) is 4.98 Å². The van der Waals surface area contributed by atoms with Crippen LogP contribution in [0.15, 0.2) is 42.6 Å². The van der Waals surface area contributed by atoms with Crippen molar-refractivity contribution in [1.29, 1.82) is 0 Å². The van der Waals surface area contributed by atoms with E-state index in [1.165, 1.54) is 5.56 Å². The molecule has 1 heterocycles. The van der Waals surface area contributed by atoms with E-state index in [1.807, 2.05) is 37.4 Å². The number of amides is 1. The van der Waals surface area contributed by atoms with Crippen LogP contribution in [-0.4, -0.2) is 17.9 Å². The highest BCUT2D eigenvalue weighted by atomic mass is 16.1. The molecule has 0 aliphatic rings. The van der Waals surface area contributed by atoms with Gasteiger partial charge < -0.3 is 10.6 Å². The number of rotatable bonds is 4. The van der Waals surface area contributed by atoms with Gasteiger partial charge in [0.05, 0.1) is 0 Å². The fraction of sp³-hybridized carbons (Fsp3) is 0.200. The molecule has 0 aliphatic heterocycles. The van der Waals surface area contributed by atoms with Gasteiger partial charge in [0.15, 0.2) is 0 Å². The summed E-state index contributed by atoms with van der Waals surface area (Å²) < 4.78 is 0. The maximum absolute atomic E-state index is 12.1. The molecule has 0 saturated heterocycles. The number of carbonyl (C=O) groups is 1. The third-order valence-corrected chi connectivity index (χ3v) is 2.87. The molecule has 1 aromatic heterocycles. The van der Waals surface area contributed by atoms with Crippen LogP contribution in [0.4, 0.5) is 11.4 Å². The van der Waals surface area contributed by atoms with Crippen molar-refractivity contribution in [3.63, 3.8) is 0 Å². The van der Waals surface area contributed by atoms with Crippen LogP contribution >= 0.6 is 0 Å². The quantitative estimate of drug-likeness (QED) is 0.883. The second kappa shape index (κ2) is 6.00. The van der Waals surface area contributed by atoms with Crippen molar-refractivity contribution < 1.29 is 4.79 Å². The Hall–Kier alpha value is -2.36. The minimum atomic E-state index is -0.203. The summed E-state index contributed by atoms with van der Waals surface area (Å²) in [6.07, 6.45) is 2.56. The van der Waals surface area contributed by atoms with Crippen molar-refractivity contribution in [3.05, 3.63) is 53.9 Å².